The van der Waals surface area contributed by atoms with Crippen molar-refractivity contribution in [2.24, 2.45) is 5.92 Å². The standard InChI is InChI=1S/C15H20ClNO3/c1-10-7-8-17(14(10)9-18)15(19)11(2)20-13-5-3-12(16)4-6-13/h3-6,10-11,14,18H,7-9H2,1-2H3. The number of aliphatic hydroxyl groups is 1. The fraction of sp³-hybridized carbons (Fsp3) is 0.533. The predicted octanol–water partition coefficient (Wildman–Crippen LogP) is 2.34. The van der Waals surface area contributed by atoms with Crippen molar-refractivity contribution in [2.45, 2.75) is 32.4 Å². The highest BCUT2D eigenvalue weighted by Crippen LogP contribution is 2.25. The number of nitrogens with zero attached hydrogens (tertiary/aromatic N) is 1. The zero-order valence-corrected chi connectivity index (χ0v) is 12.5. The summed E-state index contributed by atoms with van der Waals surface area (Å²) in [6.07, 6.45) is 0.348. The van der Waals surface area contributed by atoms with E-state index >= 15 is 0 Å². The third-order valence-electron chi connectivity index (χ3n) is 3.83. The van der Waals surface area contributed by atoms with Crippen LogP contribution in [-0.4, -0.2) is 41.2 Å². The minimum absolute atomic E-state index is 0.000567. The summed E-state index contributed by atoms with van der Waals surface area (Å²) in [6.45, 7) is 4.47. The molecule has 0 saturated carbocycles. The molecule has 0 radical (unpaired) electrons. The minimum atomic E-state index is -0.574. The van der Waals surface area contributed by atoms with Gasteiger partial charge in [0.1, 0.15) is 5.75 Å². The van der Waals surface area contributed by atoms with E-state index in [4.69, 9.17) is 16.3 Å². The van der Waals surface area contributed by atoms with E-state index in [0.717, 1.165) is 6.42 Å². The van der Waals surface area contributed by atoms with Gasteiger partial charge in [-0.25, -0.2) is 0 Å². The Bertz CT molecular complexity index is 463. The first-order valence-corrected chi connectivity index (χ1v) is 7.24. The first-order valence-electron chi connectivity index (χ1n) is 6.86. The molecule has 0 aliphatic carbocycles. The van der Waals surface area contributed by atoms with E-state index in [1.807, 2.05) is 0 Å². The van der Waals surface area contributed by atoms with Gasteiger partial charge in [-0.1, -0.05) is 18.5 Å². The van der Waals surface area contributed by atoms with Crippen LogP contribution in [0.3, 0.4) is 0 Å². The second-order valence-electron chi connectivity index (χ2n) is 5.26. The van der Waals surface area contributed by atoms with E-state index in [1.165, 1.54) is 0 Å². The minimum Gasteiger partial charge on any atom is -0.481 e. The van der Waals surface area contributed by atoms with Gasteiger partial charge >= 0.3 is 0 Å². The lowest BCUT2D eigenvalue weighted by molar-refractivity contribution is -0.139. The van der Waals surface area contributed by atoms with Crippen LogP contribution in [0.1, 0.15) is 20.3 Å². The van der Waals surface area contributed by atoms with Crippen LogP contribution in [0.2, 0.25) is 5.02 Å². The molecule has 0 spiro atoms. The molecule has 1 aromatic carbocycles. The van der Waals surface area contributed by atoms with E-state index in [9.17, 15) is 9.90 Å². The molecule has 4 nitrogen and oxygen atoms in total. The van der Waals surface area contributed by atoms with Crippen LogP contribution in [-0.2, 0) is 4.79 Å². The molecule has 0 bridgehead atoms. The third-order valence-corrected chi connectivity index (χ3v) is 4.08. The Morgan fingerprint density at radius 1 is 1.50 bits per heavy atom. The number of hydrogen-bond donors (Lipinski definition) is 1. The number of ether oxygens (including phenoxy) is 1. The fourth-order valence-corrected chi connectivity index (χ4v) is 2.69. The number of aliphatic hydroxyl groups excluding tert-OH is 1. The Hall–Kier alpha value is -1.26. The Kier molecular flexibility index (Phi) is 4.89. The van der Waals surface area contributed by atoms with E-state index in [0.29, 0.717) is 23.2 Å². The van der Waals surface area contributed by atoms with Crippen molar-refractivity contribution < 1.29 is 14.6 Å². The second-order valence-corrected chi connectivity index (χ2v) is 5.70. The van der Waals surface area contributed by atoms with Crippen LogP contribution in [0.4, 0.5) is 0 Å². The molecule has 1 saturated heterocycles. The van der Waals surface area contributed by atoms with Gasteiger partial charge in [-0.15, -0.1) is 0 Å². The molecule has 1 aliphatic heterocycles. The van der Waals surface area contributed by atoms with Gasteiger partial charge in [0, 0.05) is 11.6 Å². The molecule has 1 amide bonds. The van der Waals surface area contributed by atoms with Gasteiger partial charge in [-0.2, -0.15) is 0 Å². The first-order chi connectivity index (χ1) is 9.52. The normalized spacial score (nSPS) is 23.7. The number of halogens is 1. The van der Waals surface area contributed by atoms with E-state index in [1.54, 1.807) is 36.1 Å². The summed E-state index contributed by atoms with van der Waals surface area (Å²) in [5.41, 5.74) is 0. The first kappa shape index (κ1) is 15.1. The maximum absolute atomic E-state index is 12.4. The number of hydrogen-bond acceptors (Lipinski definition) is 3. The zero-order valence-electron chi connectivity index (χ0n) is 11.8. The summed E-state index contributed by atoms with van der Waals surface area (Å²) < 4.78 is 5.64. The zero-order chi connectivity index (χ0) is 14.7. The second kappa shape index (κ2) is 6.46. The van der Waals surface area contributed by atoms with E-state index in [2.05, 4.69) is 6.92 Å². The quantitative estimate of drug-likeness (QED) is 0.928. The molecule has 3 unspecified atom stereocenters. The maximum atomic E-state index is 12.4. The number of rotatable bonds is 4. The van der Waals surface area contributed by atoms with Crippen molar-refractivity contribution in [3.63, 3.8) is 0 Å². The molecule has 3 atom stereocenters. The highest BCUT2D eigenvalue weighted by molar-refractivity contribution is 6.30. The van der Waals surface area contributed by atoms with Gasteiger partial charge in [-0.3, -0.25) is 4.79 Å². The largest absolute Gasteiger partial charge is 0.481 e. The number of likely N-dealkylation sites (tertiary alicyclic amines) is 1. The van der Waals surface area contributed by atoms with Crippen LogP contribution >= 0.6 is 11.6 Å². The van der Waals surface area contributed by atoms with Crippen molar-refractivity contribution in [1.82, 2.24) is 4.90 Å². The summed E-state index contributed by atoms with van der Waals surface area (Å²) in [6, 6.07) is 6.83. The van der Waals surface area contributed by atoms with Gasteiger partial charge in [-0.05, 0) is 43.5 Å². The SMILES string of the molecule is CC(Oc1ccc(Cl)cc1)C(=O)N1CCC(C)C1CO. The number of benzene rings is 1. The van der Waals surface area contributed by atoms with Crippen LogP contribution in [0, 0.1) is 5.92 Å². The summed E-state index contributed by atoms with van der Waals surface area (Å²) in [4.78, 5) is 14.1. The number of carbonyl (C=O) groups is 1. The molecule has 1 aliphatic rings. The molecule has 2 rings (SSSR count). The van der Waals surface area contributed by atoms with Gasteiger partial charge in [0.15, 0.2) is 6.10 Å². The Balaban J connectivity index is 2.00. The van der Waals surface area contributed by atoms with Crippen LogP contribution < -0.4 is 4.74 Å². The topological polar surface area (TPSA) is 49.8 Å². The van der Waals surface area contributed by atoms with Gasteiger partial charge < -0.3 is 14.7 Å². The molecular weight excluding hydrogens is 278 g/mol. The Morgan fingerprint density at radius 3 is 2.75 bits per heavy atom. The summed E-state index contributed by atoms with van der Waals surface area (Å²) >= 11 is 5.81. The van der Waals surface area contributed by atoms with Gasteiger partial charge in [0.05, 0.1) is 12.6 Å². The van der Waals surface area contributed by atoms with Crippen molar-refractivity contribution in [3.05, 3.63) is 29.3 Å². The van der Waals surface area contributed by atoms with Crippen molar-refractivity contribution >= 4 is 17.5 Å². The van der Waals surface area contributed by atoms with Gasteiger partial charge in [0.25, 0.3) is 5.91 Å². The molecule has 5 heteroatoms. The van der Waals surface area contributed by atoms with E-state index < -0.39 is 6.10 Å². The average Bonchev–Trinajstić information content (AvgIpc) is 2.81. The summed E-state index contributed by atoms with van der Waals surface area (Å²) in [5.74, 6) is 0.859. The Morgan fingerprint density at radius 2 is 2.15 bits per heavy atom. The lowest BCUT2D eigenvalue weighted by Gasteiger charge is -2.28. The molecule has 1 fully saturated rings. The highest BCUT2D eigenvalue weighted by atomic mass is 35.5. The predicted molar refractivity (Wildman–Crippen MR) is 77.9 cm³/mol. The average molecular weight is 298 g/mol. The molecule has 0 aromatic heterocycles. The summed E-state index contributed by atoms with van der Waals surface area (Å²) in [5, 5.41) is 10.0. The lowest BCUT2D eigenvalue weighted by Crippen LogP contribution is -2.45. The molecule has 20 heavy (non-hydrogen) atoms. The monoisotopic (exact) mass is 297 g/mol. The third kappa shape index (κ3) is 3.25. The van der Waals surface area contributed by atoms with Crippen LogP contribution in [0.25, 0.3) is 0 Å². The number of amides is 1. The van der Waals surface area contributed by atoms with Crippen molar-refractivity contribution in [1.29, 1.82) is 0 Å². The van der Waals surface area contributed by atoms with Crippen LogP contribution in [0.15, 0.2) is 24.3 Å². The highest BCUT2D eigenvalue weighted by Gasteiger charge is 2.36. The number of carbonyl (C=O) groups excluding carboxylic acids is 1. The van der Waals surface area contributed by atoms with Crippen molar-refractivity contribution in [2.75, 3.05) is 13.2 Å². The molecular formula is C15H20ClNO3. The fourth-order valence-electron chi connectivity index (χ4n) is 2.56. The Labute approximate surface area is 124 Å². The summed E-state index contributed by atoms with van der Waals surface area (Å²) in [7, 11) is 0. The molecule has 1 heterocycles. The van der Waals surface area contributed by atoms with Crippen LogP contribution in [0.5, 0.6) is 5.75 Å². The maximum Gasteiger partial charge on any atom is 0.263 e. The van der Waals surface area contributed by atoms with E-state index in [-0.39, 0.29) is 18.6 Å². The molecule has 1 N–H and O–H groups in total. The molecule has 1 aromatic rings. The van der Waals surface area contributed by atoms with Crippen molar-refractivity contribution in [3.8, 4) is 5.75 Å². The lowest BCUT2D eigenvalue weighted by atomic mass is 10.0. The molecule has 110 valence electrons. The smallest absolute Gasteiger partial charge is 0.263 e. The van der Waals surface area contributed by atoms with Gasteiger partial charge in [0.2, 0.25) is 0 Å².